The number of nitrogens with zero attached hydrogens (tertiary/aromatic N) is 3. The van der Waals surface area contributed by atoms with Crippen molar-refractivity contribution >= 4 is 28.0 Å². The summed E-state index contributed by atoms with van der Waals surface area (Å²) in [5, 5.41) is 1.76. The van der Waals surface area contributed by atoms with Crippen molar-refractivity contribution in [1.82, 2.24) is 14.3 Å². The highest BCUT2D eigenvalue weighted by Crippen LogP contribution is 2.24. The maximum absolute atomic E-state index is 12.8. The fraction of sp³-hybridized carbons (Fsp3) is 0.300. The lowest BCUT2D eigenvalue weighted by Gasteiger charge is -2.31. The molecule has 8 heteroatoms. The minimum Gasteiger partial charge on any atom is -0.497 e. The van der Waals surface area contributed by atoms with E-state index >= 15 is 0 Å². The van der Waals surface area contributed by atoms with E-state index in [-0.39, 0.29) is 28.7 Å². The molecule has 3 heterocycles. The van der Waals surface area contributed by atoms with Crippen LogP contribution in [-0.4, -0.2) is 46.2 Å². The maximum Gasteiger partial charge on any atom is 0.271 e. The lowest BCUT2D eigenvalue weighted by atomic mass is 9.88. The van der Waals surface area contributed by atoms with Gasteiger partial charge in [0.2, 0.25) is 0 Å². The zero-order valence-corrected chi connectivity index (χ0v) is 16.1. The summed E-state index contributed by atoms with van der Waals surface area (Å²) in [6, 6.07) is 7.07. The van der Waals surface area contributed by atoms with Gasteiger partial charge in [-0.3, -0.25) is 18.8 Å². The van der Waals surface area contributed by atoms with E-state index in [2.05, 4.69) is 4.98 Å². The summed E-state index contributed by atoms with van der Waals surface area (Å²) in [6.07, 6.45) is 4.12. The number of rotatable bonds is 4. The molecule has 1 aromatic carbocycles. The first-order valence-electron chi connectivity index (χ1n) is 9.01. The topological polar surface area (TPSA) is 81.0 Å². The number of likely N-dealkylation sites (tertiary alicyclic amines) is 1. The largest absolute Gasteiger partial charge is 0.497 e. The fourth-order valence-corrected chi connectivity index (χ4v) is 4.15. The number of piperidine rings is 1. The maximum atomic E-state index is 12.8. The van der Waals surface area contributed by atoms with Crippen LogP contribution < -0.4 is 10.3 Å². The molecule has 7 nitrogen and oxygen atoms in total. The molecule has 1 saturated heterocycles. The molecule has 0 atom stereocenters. The minimum absolute atomic E-state index is 0.0656. The van der Waals surface area contributed by atoms with Crippen molar-refractivity contribution in [2.24, 2.45) is 5.92 Å². The van der Waals surface area contributed by atoms with Crippen LogP contribution in [0.25, 0.3) is 4.96 Å². The molecule has 0 bridgehead atoms. The highest BCUT2D eigenvalue weighted by atomic mass is 32.1. The Hall–Kier alpha value is -3.00. The number of fused-ring (bicyclic) bond motifs is 1. The standard InChI is InChI=1S/C20H19N3O4S/c1-27-15-4-2-13(3-5-15)17(24)14-6-8-22(9-7-14)18(25)16-12-21-20-23(19(16)26)10-11-28-20/h2-5,10-12,14H,6-9H2,1H3. The summed E-state index contributed by atoms with van der Waals surface area (Å²) in [5.41, 5.74) is 0.361. The zero-order chi connectivity index (χ0) is 19.7. The van der Waals surface area contributed by atoms with E-state index in [0.29, 0.717) is 42.2 Å². The third kappa shape index (κ3) is 3.31. The van der Waals surface area contributed by atoms with Crippen molar-refractivity contribution in [2.75, 3.05) is 20.2 Å². The number of carbonyl (C=O) groups excluding carboxylic acids is 2. The highest BCUT2D eigenvalue weighted by Gasteiger charge is 2.29. The summed E-state index contributed by atoms with van der Waals surface area (Å²) < 4.78 is 6.51. The van der Waals surface area contributed by atoms with Crippen LogP contribution in [0.2, 0.25) is 0 Å². The molecular weight excluding hydrogens is 378 g/mol. The molecule has 0 aliphatic carbocycles. The average molecular weight is 397 g/mol. The van der Waals surface area contributed by atoms with Crippen molar-refractivity contribution < 1.29 is 14.3 Å². The molecule has 1 fully saturated rings. The summed E-state index contributed by atoms with van der Waals surface area (Å²) in [4.78, 5) is 44.4. The molecule has 28 heavy (non-hydrogen) atoms. The van der Waals surface area contributed by atoms with Gasteiger partial charge >= 0.3 is 0 Å². The first-order chi connectivity index (χ1) is 13.6. The van der Waals surface area contributed by atoms with Gasteiger partial charge in [0.15, 0.2) is 10.7 Å². The number of benzene rings is 1. The van der Waals surface area contributed by atoms with E-state index in [1.54, 1.807) is 47.9 Å². The third-order valence-corrected chi connectivity index (χ3v) is 5.87. The molecule has 144 valence electrons. The van der Waals surface area contributed by atoms with Gasteiger partial charge in [0.05, 0.1) is 7.11 Å². The fourth-order valence-electron chi connectivity index (χ4n) is 3.48. The van der Waals surface area contributed by atoms with Gasteiger partial charge in [0, 0.05) is 42.3 Å². The van der Waals surface area contributed by atoms with Gasteiger partial charge in [0.25, 0.3) is 11.5 Å². The highest BCUT2D eigenvalue weighted by molar-refractivity contribution is 7.15. The molecule has 0 unspecified atom stereocenters. The quantitative estimate of drug-likeness (QED) is 0.632. The number of ether oxygens (including phenoxy) is 1. The van der Waals surface area contributed by atoms with Gasteiger partial charge < -0.3 is 9.64 Å². The number of thiazole rings is 1. The van der Waals surface area contributed by atoms with Crippen molar-refractivity contribution in [3.8, 4) is 5.75 Å². The monoisotopic (exact) mass is 397 g/mol. The van der Waals surface area contributed by atoms with Crippen molar-refractivity contribution in [3.63, 3.8) is 0 Å². The van der Waals surface area contributed by atoms with E-state index in [1.165, 1.54) is 21.9 Å². The van der Waals surface area contributed by atoms with Gasteiger partial charge in [-0.15, -0.1) is 11.3 Å². The van der Waals surface area contributed by atoms with Crippen LogP contribution in [-0.2, 0) is 0 Å². The number of hydrogen-bond donors (Lipinski definition) is 0. The lowest BCUT2D eigenvalue weighted by Crippen LogP contribution is -2.42. The predicted molar refractivity (Wildman–Crippen MR) is 105 cm³/mol. The van der Waals surface area contributed by atoms with Crippen LogP contribution in [0.4, 0.5) is 0 Å². The molecular formula is C20H19N3O4S. The number of ketones is 1. The van der Waals surface area contributed by atoms with Crippen LogP contribution in [0.1, 0.15) is 33.6 Å². The van der Waals surface area contributed by atoms with Gasteiger partial charge in [0.1, 0.15) is 11.3 Å². The van der Waals surface area contributed by atoms with Crippen molar-refractivity contribution in [3.05, 3.63) is 63.5 Å². The first kappa shape index (κ1) is 18.4. The molecule has 2 aromatic heterocycles. The predicted octanol–water partition coefficient (Wildman–Crippen LogP) is 2.50. The van der Waals surface area contributed by atoms with Crippen molar-refractivity contribution in [2.45, 2.75) is 12.8 Å². The number of carbonyl (C=O) groups is 2. The van der Waals surface area contributed by atoms with Crippen molar-refractivity contribution in [1.29, 1.82) is 0 Å². The van der Waals surface area contributed by atoms with Gasteiger partial charge in [-0.2, -0.15) is 0 Å². The van der Waals surface area contributed by atoms with E-state index in [4.69, 9.17) is 4.74 Å². The van der Waals surface area contributed by atoms with Gasteiger partial charge in [-0.05, 0) is 37.1 Å². The second-order valence-electron chi connectivity index (χ2n) is 6.69. The Labute approximate surface area is 165 Å². The zero-order valence-electron chi connectivity index (χ0n) is 15.3. The van der Waals surface area contributed by atoms with Crippen LogP contribution >= 0.6 is 11.3 Å². The van der Waals surface area contributed by atoms with E-state index in [9.17, 15) is 14.4 Å². The molecule has 1 aliphatic heterocycles. The minimum atomic E-state index is -0.354. The Morgan fingerprint density at radius 1 is 1.18 bits per heavy atom. The molecule has 1 aliphatic rings. The average Bonchev–Trinajstić information content (AvgIpc) is 3.23. The molecule has 0 N–H and O–H groups in total. The lowest BCUT2D eigenvalue weighted by molar-refractivity contribution is 0.0648. The van der Waals surface area contributed by atoms with E-state index in [0.717, 1.165) is 0 Å². The SMILES string of the molecule is COc1ccc(C(=O)C2CCN(C(=O)c3cnc4sccn4c3=O)CC2)cc1. The Kier molecular flexibility index (Phi) is 4.95. The number of methoxy groups -OCH3 is 1. The van der Waals surface area contributed by atoms with Gasteiger partial charge in [-0.1, -0.05) is 0 Å². The van der Waals surface area contributed by atoms with E-state index < -0.39 is 0 Å². The number of hydrogen-bond acceptors (Lipinski definition) is 6. The number of Topliss-reactive ketones (excluding diaryl/α,β-unsaturated/α-hetero) is 1. The molecule has 3 aromatic rings. The Morgan fingerprint density at radius 3 is 2.57 bits per heavy atom. The molecule has 4 rings (SSSR count). The molecule has 1 amide bonds. The van der Waals surface area contributed by atoms with E-state index in [1.807, 2.05) is 0 Å². The summed E-state index contributed by atoms with van der Waals surface area (Å²) >= 11 is 1.34. The Bertz CT molecular complexity index is 1080. The normalized spacial score (nSPS) is 15.0. The molecule has 0 spiro atoms. The Balaban J connectivity index is 1.44. The third-order valence-electron chi connectivity index (χ3n) is 5.10. The van der Waals surface area contributed by atoms with Crippen LogP contribution in [0.15, 0.2) is 46.8 Å². The molecule has 0 radical (unpaired) electrons. The smallest absolute Gasteiger partial charge is 0.271 e. The van der Waals surface area contributed by atoms with Crippen LogP contribution in [0, 0.1) is 5.92 Å². The van der Waals surface area contributed by atoms with Crippen LogP contribution in [0.5, 0.6) is 5.75 Å². The van der Waals surface area contributed by atoms with Crippen LogP contribution in [0.3, 0.4) is 0 Å². The first-order valence-corrected chi connectivity index (χ1v) is 9.89. The second-order valence-corrected chi connectivity index (χ2v) is 7.56. The van der Waals surface area contributed by atoms with Gasteiger partial charge in [-0.25, -0.2) is 4.98 Å². The number of aromatic nitrogens is 2. The number of amides is 1. The second kappa shape index (κ2) is 7.55. The Morgan fingerprint density at radius 2 is 1.89 bits per heavy atom. The molecule has 0 saturated carbocycles. The summed E-state index contributed by atoms with van der Waals surface area (Å²) in [5.74, 6) is 0.333. The summed E-state index contributed by atoms with van der Waals surface area (Å²) in [7, 11) is 1.58. The summed E-state index contributed by atoms with van der Waals surface area (Å²) in [6.45, 7) is 0.883.